The Hall–Kier alpha value is -1.26. The van der Waals surface area contributed by atoms with Gasteiger partial charge in [0.05, 0.1) is 5.92 Å². The van der Waals surface area contributed by atoms with Gasteiger partial charge >= 0.3 is 12.1 Å². The van der Waals surface area contributed by atoms with Crippen LogP contribution in [0.3, 0.4) is 0 Å². The molecule has 5 heteroatoms. The number of cyclic esters (lactones) is 1. The van der Waals surface area contributed by atoms with Gasteiger partial charge in [-0.1, -0.05) is 0 Å². The molecule has 2 aliphatic carbocycles. The Balaban J connectivity index is 1.83. The lowest BCUT2D eigenvalue weighted by atomic mass is 9.81. The molecular weight excluding hydrogens is 198 g/mol. The first-order chi connectivity index (χ1) is 7.16. The van der Waals surface area contributed by atoms with E-state index >= 15 is 0 Å². The normalized spacial score (nSPS) is 46.4. The molecular formula is C10H13NO4. The van der Waals surface area contributed by atoms with Crippen LogP contribution in [0.5, 0.6) is 0 Å². The van der Waals surface area contributed by atoms with Gasteiger partial charge in [-0.3, -0.25) is 4.79 Å². The van der Waals surface area contributed by atoms with Crippen LogP contribution in [-0.4, -0.2) is 18.4 Å². The van der Waals surface area contributed by atoms with Crippen LogP contribution in [0.4, 0.5) is 4.79 Å². The lowest BCUT2D eigenvalue weighted by Gasteiger charge is -2.23. The van der Waals surface area contributed by atoms with Crippen molar-refractivity contribution in [2.45, 2.75) is 25.6 Å². The summed E-state index contributed by atoms with van der Waals surface area (Å²) in [7, 11) is 0. The third-order valence-corrected chi connectivity index (χ3v) is 4.03. The average Bonchev–Trinajstić information content (AvgIpc) is 2.78. The van der Waals surface area contributed by atoms with Crippen molar-refractivity contribution in [3.8, 4) is 0 Å². The van der Waals surface area contributed by atoms with Crippen LogP contribution in [0.2, 0.25) is 0 Å². The van der Waals surface area contributed by atoms with Crippen molar-refractivity contribution in [1.82, 2.24) is 0 Å². The molecule has 2 saturated carbocycles. The minimum Gasteiger partial charge on any atom is -0.424 e. The van der Waals surface area contributed by atoms with Gasteiger partial charge in [0.2, 0.25) is 0 Å². The number of rotatable bonds is 1. The summed E-state index contributed by atoms with van der Waals surface area (Å²) in [5.41, 5.74) is 4.95. The van der Waals surface area contributed by atoms with Crippen LogP contribution in [-0.2, 0) is 14.3 Å². The summed E-state index contributed by atoms with van der Waals surface area (Å²) in [5, 5.41) is 0. The summed E-state index contributed by atoms with van der Waals surface area (Å²) in [5.74, 6) is 0.708. The summed E-state index contributed by atoms with van der Waals surface area (Å²) in [4.78, 5) is 22.2. The van der Waals surface area contributed by atoms with Gasteiger partial charge in [0, 0.05) is 5.92 Å². The summed E-state index contributed by atoms with van der Waals surface area (Å²) >= 11 is 0. The molecule has 1 amide bonds. The molecule has 0 radical (unpaired) electrons. The van der Waals surface area contributed by atoms with E-state index in [0.717, 1.165) is 19.3 Å². The van der Waals surface area contributed by atoms with E-state index in [-0.39, 0.29) is 17.8 Å². The topological polar surface area (TPSA) is 78.6 Å². The second kappa shape index (κ2) is 2.87. The highest BCUT2D eigenvalue weighted by atomic mass is 16.7. The fourth-order valence-corrected chi connectivity index (χ4v) is 3.57. The Morgan fingerprint density at radius 3 is 2.87 bits per heavy atom. The Labute approximate surface area is 86.9 Å². The molecule has 0 aromatic rings. The van der Waals surface area contributed by atoms with Gasteiger partial charge in [-0.2, -0.15) is 0 Å². The van der Waals surface area contributed by atoms with Crippen molar-refractivity contribution >= 4 is 12.1 Å². The van der Waals surface area contributed by atoms with Crippen LogP contribution in [0.15, 0.2) is 0 Å². The predicted molar refractivity (Wildman–Crippen MR) is 48.4 cm³/mol. The largest absolute Gasteiger partial charge is 0.424 e. The molecule has 5 atom stereocenters. The number of amides is 1. The number of hydrogen-bond acceptors (Lipinski definition) is 4. The minimum atomic E-state index is -0.865. The molecule has 15 heavy (non-hydrogen) atoms. The molecule has 1 heterocycles. The van der Waals surface area contributed by atoms with E-state index in [1.54, 1.807) is 0 Å². The van der Waals surface area contributed by atoms with E-state index in [4.69, 9.17) is 15.2 Å². The second-order valence-corrected chi connectivity index (χ2v) is 4.68. The molecule has 0 aromatic carbocycles. The predicted octanol–water partition coefficient (Wildman–Crippen LogP) is 0.627. The highest BCUT2D eigenvalue weighted by Crippen LogP contribution is 2.57. The maximum atomic E-state index is 11.6. The van der Waals surface area contributed by atoms with Crippen LogP contribution in [0.1, 0.15) is 19.3 Å². The summed E-state index contributed by atoms with van der Waals surface area (Å²) in [6.45, 7) is 0. The number of primary amides is 1. The molecule has 3 rings (SSSR count). The Morgan fingerprint density at radius 2 is 2.13 bits per heavy atom. The van der Waals surface area contributed by atoms with Crippen LogP contribution in [0, 0.1) is 23.7 Å². The van der Waals surface area contributed by atoms with Gasteiger partial charge < -0.3 is 15.2 Å². The number of carbonyl (C=O) groups is 2. The number of nitrogens with two attached hydrogens (primary N) is 1. The number of ether oxygens (including phenoxy) is 2. The van der Waals surface area contributed by atoms with Gasteiger partial charge in [0.1, 0.15) is 0 Å². The van der Waals surface area contributed by atoms with E-state index < -0.39 is 12.4 Å². The molecule has 2 bridgehead atoms. The number of fused-ring (bicyclic) bond motifs is 5. The highest BCUT2D eigenvalue weighted by Gasteiger charge is 2.60. The van der Waals surface area contributed by atoms with Crippen molar-refractivity contribution in [3.05, 3.63) is 0 Å². The van der Waals surface area contributed by atoms with E-state index in [9.17, 15) is 9.59 Å². The third kappa shape index (κ3) is 1.15. The van der Waals surface area contributed by atoms with Gasteiger partial charge in [-0.05, 0) is 31.1 Å². The summed E-state index contributed by atoms with van der Waals surface area (Å²) < 4.78 is 9.90. The van der Waals surface area contributed by atoms with Gasteiger partial charge in [0.15, 0.2) is 0 Å². The van der Waals surface area contributed by atoms with Crippen molar-refractivity contribution in [2.24, 2.45) is 29.4 Å². The first kappa shape index (κ1) is 9.00. The zero-order chi connectivity index (χ0) is 10.6. The lowest BCUT2D eigenvalue weighted by molar-refractivity contribution is -0.158. The fraction of sp³-hybridized carbons (Fsp3) is 0.800. The molecule has 2 N–H and O–H groups in total. The van der Waals surface area contributed by atoms with E-state index in [1.165, 1.54) is 0 Å². The minimum absolute atomic E-state index is 0.0481. The molecule has 0 spiro atoms. The van der Waals surface area contributed by atoms with Crippen molar-refractivity contribution in [2.75, 3.05) is 0 Å². The SMILES string of the molecule is NC(=O)OC1OC(=O)C2C3CCC(C3)C12. The van der Waals surface area contributed by atoms with E-state index in [0.29, 0.717) is 11.8 Å². The molecule has 82 valence electrons. The number of esters is 1. The number of carbonyl (C=O) groups excluding carboxylic acids is 2. The summed E-state index contributed by atoms with van der Waals surface area (Å²) in [6.07, 6.45) is 1.69. The maximum Gasteiger partial charge on any atom is 0.407 e. The van der Waals surface area contributed by atoms with Gasteiger partial charge in [0.25, 0.3) is 6.29 Å². The van der Waals surface area contributed by atoms with Crippen molar-refractivity contribution in [1.29, 1.82) is 0 Å². The molecule has 1 aliphatic heterocycles. The molecule has 5 unspecified atom stereocenters. The zero-order valence-electron chi connectivity index (χ0n) is 8.22. The molecule has 3 fully saturated rings. The Kier molecular flexibility index (Phi) is 1.72. The molecule has 0 aromatic heterocycles. The first-order valence-corrected chi connectivity index (χ1v) is 5.33. The van der Waals surface area contributed by atoms with Crippen molar-refractivity contribution < 1.29 is 19.1 Å². The standard InChI is InChI=1S/C10H13NO4/c11-10(13)15-9-7-5-2-1-4(3-5)6(7)8(12)14-9/h4-7,9H,1-3H2,(H2,11,13). The zero-order valence-corrected chi connectivity index (χ0v) is 8.22. The lowest BCUT2D eigenvalue weighted by Crippen LogP contribution is -2.32. The number of hydrogen-bond donors (Lipinski definition) is 1. The first-order valence-electron chi connectivity index (χ1n) is 5.33. The Bertz CT molecular complexity index is 329. The van der Waals surface area contributed by atoms with Gasteiger partial charge in [-0.15, -0.1) is 0 Å². The molecule has 3 aliphatic rings. The highest BCUT2D eigenvalue weighted by molar-refractivity contribution is 5.77. The van der Waals surface area contributed by atoms with Crippen molar-refractivity contribution in [3.63, 3.8) is 0 Å². The quantitative estimate of drug-likeness (QED) is 0.645. The van der Waals surface area contributed by atoms with Crippen LogP contribution in [0.25, 0.3) is 0 Å². The average molecular weight is 211 g/mol. The van der Waals surface area contributed by atoms with E-state index in [2.05, 4.69) is 0 Å². The smallest absolute Gasteiger partial charge is 0.407 e. The fourth-order valence-electron chi connectivity index (χ4n) is 3.57. The third-order valence-electron chi connectivity index (χ3n) is 4.03. The van der Waals surface area contributed by atoms with Gasteiger partial charge in [-0.25, -0.2) is 4.79 Å². The maximum absolute atomic E-state index is 11.6. The van der Waals surface area contributed by atoms with E-state index in [1.807, 2.05) is 0 Å². The monoisotopic (exact) mass is 211 g/mol. The van der Waals surface area contributed by atoms with Crippen LogP contribution >= 0.6 is 0 Å². The molecule has 5 nitrogen and oxygen atoms in total. The molecule has 1 saturated heterocycles. The summed E-state index contributed by atoms with van der Waals surface area (Å²) in [6, 6.07) is 0. The second-order valence-electron chi connectivity index (χ2n) is 4.68. The Morgan fingerprint density at radius 1 is 1.40 bits per heavy atom. The van der Waals surface area contributed by atoms with Crippen LogP contribution < -0.4 is 5.73 Å².